The third kappa shape index (κ3) is 2.89. The molecule has 16 heavy (non-hydrogen) atoms. The third-order valence-electron chi connectivity index (χ3n) is 2.47. The van der Waals surface area contributed by atoms with Crippen LogP contribution in [0.5, 0.6) is 0 Å². The Balaban J connectivity index is 2.63. The molecule has 7 heteroatoms. The molecule has 1 rings (SSSR count). The first-order valence-corrected chi connectivity index (χ1v) is 5.08. The molecule has 0 aromatic carbocycles. The van der Waals surface area contributed by atoms with E-state index in [-0.39, 0.29) is 6.61 Å². The fourth-order valence-electron chi connectivity index (χ4n) is 1.45. The minimum atomic E-state index is -1.46. The molecule has 1 aliphatic heterocycles. The summed E-state index contributed by atoms with van der Waals surface area (Å²) in [4.78, 5) is 0. The fraction of sp³-hybridized carbons (Fsp3) is 1.00. The first kappa shape index (κ1) is 13.8. The van der Waals surface area contributed by atoms with Crippen molar-refractivity contribution in [3.8, 4) is 0 Å². The zero-order valence-corrected chi connectivity index (χ0v) is 8.93. The number of hydrogen-bond donors (Lipinski definition) is 5. The monoisotopic (exact) mass is 238 g/mol. The van der Waals surface area contributed by atoms with Crippen LogP contribution in [0.4, 0.5) is 0 Å². The molecule has 0 saturated carbocycles. The summed E-state index contributed by atoms with van der Waals surface area (Å²) in [5, 5.41) is 46.1. The van der Waals surface area contributed by atoms with Gasteiger partial charge in [-0.15, -0.1) is 0 Å². The van der Waals surface area contributed by atoms with Crippen LogP contribution in [0, 0.1) is 0 Å². The van der Waals surface area contributed by atoms with Crippen molar-refractivity contribution in [2.24, 2.45) is 0 Å². The quantitative estimate of drug-likeness (QED) is 0.358. The fourth-order valence-corrected chi connectivity index (χ4v) is 1.45. The highest BCUT2D eigenvalue weighted by molar-refractivity contribution is 4.89. The van der Waals surface area contributed by atoms with Crippen LogP contribution in [0.2, 0.25) is 0 Å². The van der Waals surface area contributed by atoms with Gasteiger partial charge in [0.05, 0.1) is 19.3 Å². The second kappa shape index (κ2) is 5.87. The molecule has 6 atom stereocenters. The van der Waals surface area contributed by atoms with Crippen LogP contribution < -0.4 is 0 Å². The van der Waals surface area contributed by atoms with Crippen molar-refractivity contribution in [3.05, 3.63) is 0 Å². The van der Waals surface area contributed by atoms with Gasteiger partial charge in [-0.3, -0.25) is 0 Å². The van der Waals surface area contributed by atoms with Gasteiger partial charge < -0.3 is 35.0 Å². The van der Waals surface area contributed by atoms with Crippen LogP contribution in [-0.2, 0) is 9.47 Å². The second-order valence-electron chi connectivity index (χ2n) is 3.83. The lowest BCUT2D eigenvalue weighted by Gasteiger charge is -2.40. The number of rotatable bonds is 4. The summed E-state index contributed by atoms with van der Waals surface area (Å²) in [6.07, 6.45) is -7.04. The summed E-state index contributed by atoms with van der Waals surface area (Å²) < 4.78 is 10.2. The van der Waals surface area contributed by atoms with E-state index in [1.165, 1.54) is 0 Å². The van der Waals surface area contributed by atoms with Crippen molar-refractivity contribution in [2.45, 2.75) is 43.7 Å². The van der Waals surface area contributed by atoms with Crippen molar-refractivity contribution in [3.63, 3.8) is 0 Å². The predicted octanol–water partition coefficient (Wildman–Crippen LogP) is -2.82. The normalized spacial score (nSPS) is 42.0. The Morgan fingerprint density at radius 3 is 2.25 bits per heavy atom. The third-order valence-corrected chi connectivity index (χ3v) is 2.47. The molecule has 1 aliphatic rings. The average molecular weight is 238 g/mol. The van der Waals surface area contributed by atoms with E-state index in [1.807, 2.05) is 0 Å². The molecule has 96 valence electrons. The molecular weight excluding hydrogens is 220 g/mol. The molecule has 0 aromatic heterocycles. The maximum absolute atomic E-state index is 9.54. The number of aliphatic hydroxyl groups is 5. The van der Waals surface area contributed by atoms with Crippen LogP contribution in [0.3, 0.4) is 0 Å². The maximum atomic E-state index is 9.54. The lowest BCUT2D eigenvalue weighted by atomic mass is 9.99. The molecule has 0 spiro atoms. The van der Waals surface area contributed by atoms with Crippen LogP contribution in [0.25, 0.3) is 0 Å². The van der Waals surface area contributed by atoms with Crippen LogP contribution in [0.15, 0.2) is 0 Å². The largest absolute Gasteiger partial charge is 0.394 e. The van der Waals surface area contributed by atoms with Crippen molar-refractivity contribution < 1.29 is 35.0 Å². The van der Waals surface area contributed by atoms with E-state index < -0.39 is 43.4 Å². The number of ether oxygens (including phenoxy) is 2. The van der Waals surface area contributed by atoms with Crippen LogP contribution in [-0.4, -0.2) is 75.6 Å². The summed E-state index contributed by atoms with van der Waals surface area (Å²) in [5.41, 5.74) is 0. The Morgan fingerprint density at radius 1 is 1.12 bits per heavy atom. The van der Waals surface area contributed by atoms with Gasteiger partial charge in [-0.25, -0.2) is 0 Å². The minimum Gasteiger partial charge on any atom is -0.394 e. The van der Waals surface area contributed by atoms with Gasteiger partial charge in [-0.1, -0.05) is 0 Å². The van der Waals surface area contributed by atoms with Gasteiger partial charge in [0.2, 0.25) is 0 Å². The Kier molecular flexibility index (Phi) is 5.06. The van der Waals surface area contributed by atoms with Gasteiger partial charge in [0.1, 0.15) is 24.4 Å². The van der Waals surface area contributed by atoms with Gasteiger partial charge in [-0.05, 0) is 6.92 Å². The molecule has 0 bridgehead atoms. The smallest absolute Gasteiger partial charge is 0.187 e. The van der Waals surface area contributed by atoms with Gasteiger partial charge in [0.15, 0.2) is 6.29 Å². The number of aliphatic hydroxyl groups excluding tert-OH is 5. The molecule has 1 saturated heterocycles. The molecule has 1 fully saturated rings. The number of hydrogen-bond acceptors (Lipinski definition) is 7. The maximum Gasteiger partial charge on any atom is 0.187 e. The van der Waals surface area contributed by atoms with E-state index in [2.05, 4.69) is 0 Å². The molecule has 1 heterocycles. The Bertz CT molecular complexity index is 210. The molecule has 0 radical (unpaired) electrons. The summed E-state index contributed by atoms with van der Waals surface area (Å²) in [7, 11) is 0. The second-order valence-corrected chi connectivity index (χ2v) is 3.83. The minimum absolute atomic E-state index is 0.269. The van der Waals surface area contributed by atoms with Gasteiger partial charge >= 0.3 is 0 Å². The van der Waals surface area contributed by atoms with E-state index in [0.29, 0.717) is 0 Å². The molecule has 0 amide bonds. The van der Waals surface area contributed by atoms with Crippen LogP contribution >= 0.6 is 0 Å². The molecule has 0 aliphatic carbocycles. The standard InChI is InChI=1S/C9H18O7/c1-4(2-10)15-9-8(14)7(13)6(12)5(3-11)16-9/h4-14H,2-3H2,1H3/t4?,5?,6-,7-,8?,9-/m0/s1. The van der Waals surface area contributed by atoms with E-state index in [4.69, 9.17) is 19.7 Å². The van der Waals surface area contributed by atoms with Crippen molar-refractivity contribution >= 4 is 0 Å². The summed E-state index contributed by atoms with van der Waals surface area (Å²) in [6, 6.07) is 0. The Labute approximate surface area is 92.9 Å². The lowest BCUT2D eigenvalue weighted by Crippen LogP contribution is -2.59. The highest BCUT2D eigenvalue weighted by atomic mass is 16.7. The highest BCUT2D eigenvalue weighted by Gasteiger charge is 2.44. The first-order chi connectivity index (χ1) is 7.51. The topological polar surface area (TPSA) is 120 Å². The molecule has 7 nitrogen and oxygen atoms in total. The molecular formula is C9H18O7. The molecule has 3 unspecified atom stereocenters. The Morgan fingerprint density at radius 2 is 1.75 bits per heavy atom. The summed E-state index contributed by atoms with van der Waals surface area (Å²) in [6.45, 7) is 0.786. The zero-order valence-electron chi connectivity index (χ0n) is 8.93. The predicted molar refractivity (Wildman–Crippen MR) is 51.4 cm³/mol. The van der Waals surface area contributed by atoms with Crippen molar-refractivity contribution in [1.82, 2.24) is 0 Å². The van der Waals surface area contributed by atoms with Gasteiger partial charge in [0, 0.05) is 0 Å². The van der Waals surface area contributed by atoms with E-state index in [1.54, 1.807) is 6.92 Å². The van der Waals surface area contributed by atoms with Crippen molar-refractivity contribution in [1.29, 1.82) is 0 Å². The Hall–Kier alpha value is -0.280. The average Bonchev–Trinajstić information content (AvgIpc) is 2.29. The van der Waals surface area contributed by atoms with Gasteiger partial charge in [-0.2, -0.15) is 0 Å². The SMILES string of the molecule is CC(CO)O[C@H]1OC(CO)[C@H](O)[C@H](O)C1O. The zero-order chi connectivity index (χ0) is 12.3. The van der Waals surface area contributed by atoms with Crippen LogP contribution in [0.1, 0.15) is 6.92 Å². The van der Waals surface area contributed by atoms with E-state index in [0.717, 1.165) is 0 Å². The van der Waals surface area contributed by atoms with E-state index >= 15 is 0 Å². The van der Waals surface area contributed by atoms with Crippen molar-refractivity contribution in [2.75, 3.05) is 13.2 Å². The summed E-state index contributed by atoms with van der Waals surface area (Å²) in [5.74, 6) is 0. The molecule has 0 aromatic rings. The molecule has 5 N–H and O–H groups in total. The summed E-state index contributed by atoms with van der Waals surface area (Å²) >= 11 is 0. The van der Waals surface area contributed by atoms with Gasteiger partial charge in [0.25, 0.3) is 0 Å². The van der Waals surface area contributed by atoms with E-state index in [9.17, 15) is 15.3 Å². The lowest BCUT2D eigenvalue weighted by molar-refractivity contribution is -0.311. The first-order valence-electron chi connectivity index (χ1n) is 5.08. The highest BCUT2D eigenvalue weighted by Crippen LogP contribution is 2.22.